The molecule has 0 radical (unpaired) electrons. The Morgan fingerprint density at radius 1 is 1.48 bits per heavy atom. The first-order valence-corrected chi connectivity index (χ1v) is 9.96. The number of hydrogen-bond donors (Lipinski definition) is 0. The van der Waals surface area contributed by atoms with Gasteiger partial charge in [0, 0.05) is 34.4 Å². The predicted octanol–water partition coefficient (Wildman–Crippen LogP) is 4.35. The van der Waals surface area contributed by atoms with Gasteiger partial charge in [-0.1, -0.05) is 17.7 Å². The third-order valence-electron chi connectivity index (χ3n) is 4.59. The molecule has 140 valence electrons. The van der Waals surface area contributed by atoms with Crippen LogP contribution in [-0.4, -0.2) is 34.8 Å². The van der Waals surface area contributed by atoms with Crippen LogP contribution in [0, 0.1) is 5.82 Å². The van der Waals surface area contributed by atoms with E-state index in [0.29, 0.717) is 11.1 Å². The van der Waals surface area contributed by atoms with Crippen molar-refractivity contribution >= 4 is 34.7 Å². The first kappa shape index (κ1) is 18.1. The number of hydrogen-bond acceptors (Lipinski definition) is 6. The number of amidine groups is 1. The van der Waals surface area contributed by atoms with Crippen molar-refractivity contribution in [2.24, 2.45) is 4.99 Å². The summed E-state index contributed by atoms with van der Waals surface area (Å²) in [5.74, 6) is -0.126. The van der Waals surface area contributed by atoms with E-state index in [4.69, 9.17) is 21.3 Å². The summed E-state index contributed by atoms with van der Waals surface area (Å²) in [6, 6.07) is 3.49. The van der Waals surface area contributed by atoms with Crippen molar-refractivity contribution in [3.8, 4) is 0 Å². The van der Waals surface area contributed by atoms with Crippen molar-refractivity contribution in [3.63, 3.8) is 0 Å². The van der Waals surface area contributed by atoms with Crippen LogP contribution in [0.25, 0.3) is 0 Å². The van der Waals surface area contributed by atoms with Gasteiger partial charge in [0.15, 0.2) is 10.8 Å². The molecule has 2 aliphatic heterocycles. The molecular formula is C19H17ClFN3O2S. The molecule has 1 saturated heterocycles. The number of aliphatic imine (C=N–C) groups is 1. The van der Waals surface area contributed by atoms with Crippen molar-refractivity contribution < 1.29 is 13.9 Å². The van der Waals surface area contributed by atoms with Gasteiger partial charge in [-0.15, -0.1) is 11.3 Å². The van der Waals surface area contributed by atoms with Crippen LogP contribution in [0.2, 0.25) is 5.02 Å². The summed E-state index contributed by atoms with van der Waals surface area (Å²) in [6.07, 6.45) is 3.38. The largest absolute Gasteiger partial charge is 0.463 e. The molecule has 0 aliphatic carbocycles. The first-order chi connectivity index (χ1) is 13.1. The molecule has 0 N–H and O–H groups in total. The Bertz CT molecular complexity index is 942. The Kier molecular flexibility index (Phi) is 4.97. The van der Waals surface area contributed by atoms with Crippen molar-refractivity contribution in [3.05, 3.63) is 62.5 Å². The molecule has 0 spiro atoms. The number of ether oxygens (including phenoxy) is 1. The molecule has 8 heteroatoms. The summed E-state index contributed by atoms with van der Waals surface area (Å²) in [5.41, 5.74) is 1.94. The van der Waals surface area contributed by atoms with Crippen molar-refractivity contribution in [1.29, 1.82) is 0 Å². The fraction of sp³-hybridized carbons (Fsp3) is 0.316. The van der Waals surface area contributed by atoms with Crippen LogP contribution >= 0.6 is 22.9 Å². The number of benzene rings is 1. The molecule has 1 fully saturated rings. The Morgan fingerprint density at radius 2 is 2.33 bits per heavy atom. The number of fused-ring (bicyclic) bond motifs is 1. The molecule has 1 aromatic carbocycles. The Balaban J connectivity index is 1.89. The molecule has 4 rings (SSSR count). The van der Waals surface area contributed by atoms with E-state index < -0.39 is 17.8 Å². The average molecular weight is 406 g/mol. The van der Waals surface area contributed by atoms with Crippen molar-refractivity contribution in [2.75, 3.05) is 13.2 Å². The molecule has 27 heavy (non-hydrogen) atoms. The van der Waals surface area contributed by atoms with Gasteiger partial charge < -0.3 is 9.64 Å². The number of thiazole rings is 1. The van der Waals surface area contributed by atoms with Crippen molar-refractivity contribution in [1.82, 2.24) is 9.88 Å². The Morgan fingerprint density at radius 3 is 3.04 bits per heavy atom. The van der Waals surface area contributed by atoms with Crippen LogP contribution in [0.4, 0.5) is 4.39 Å². The molecular weight excluding hydrogens is 389 g/mol. The number of esters is 1. The average Bonchev–Trinajstić information content (AvgIpc) is 3.32. The van der Waals surface area contributed by atoms with Gasteiger partial charge in [0.2, 0.25) is 0 Å². The fourth-order valence-electron chi connectivity index (χ4n) is 3.49. The monoisotopic (exact) mass is 405 g/mol. The predicted molar refractivity (Wildman–Crippen MR) is 102 cm³/mol. The van der Waals surface area contributed by atoms with Gasteiger partial charge in [-0.2, -0.15) is 0 Å². The van der Waals surface area contributed by atoms with Gasteiger partial charge in [0.25, 0.3) is 0 Å². The zero-order valence-corrected chi connectivity index (χ0v) is 16.2. The number of carbonyl (C=O) groups excluding carboxylic acids is 1. The second kappa shape index (κ2) is 7.40. The van der Waals surface area contributed by atoms with E-state index >= 15 is 0 Å². The first-order valence-electron chi connectivity index (χ1n) is 8.70. The molecule has 3 heterocycles. The summed E-state index contributed by atoms with van der Waals surface area (Å²) in [6.45, 7) is 2.80. The smallest absolute Gasteiger partial charge is 0.338 e. The lowest BCUT2D eigenvalue weighted by atomic mass is 9.94. The molecule has 0 unspecified atom stereocenters. The minimum atomic E-state index is -0.652. The highest BCUT2D eigenvalue weighted by atomic mass is 35.5. The van der Waals surface area contributed by atoms with E-state index in [9.17, 15) is 9.18 Å². The minimum absolute atomic E-state index is 0.232. The summed E-state index contributed by atoms with van der Waals surface area (Å²) < 4.78 is 18.9. The number of rotatable bonds is 4. The van der Waals surface area contributed by atoms with Gasteiger partial charge in [0.1, 0.15) is 11.9 Å². The quantitative estimate of drug-likeness (QED) is 0.709. The fourth-order valence-corrected chi connectivity index (χ4v) is 4.41. The summed E-state index contributed by atoms with van der Waals surface area (Å²) in [5, 5.41) is 2.90. The van der Waals surface area contributed by atoms with Gasteiger partial charge in [-0.3, -0.25) is 4.99 Å². The topological polar surface area (TPSA) is 54.8 Å². The van der Waals surface area contributed by atoms with Crippen LogP contribution in [0.3, 0.4) is 0 Å². The number of allylic oxidation sites excluding steroid dienone is 1. The zero-order chi connectivity index (χ0) is 19.0. The Hall–Kier alpha value is -2.25. The van der Waals surface area contributed by atoms with E-state index in [-0.39, 0.29) is 11.6 Å². The highest BCUT2D eigenvalue weighted by Gasteiger charge is 2.39. The van der Waals surface area contributed by atoms with E-state index in [1.54, 1.807) is 19.2 Å². The lowest BCUT2D eigenvalue weighted by Gasteiger charge is -2.31. The van der Waals surface area contributed by atoms with Crippen LogP contribution < -0.4 is 0 Å². The molecule has 0 saturated carbocycles. The normalized spacial score (nSPS) is 19.1. The molecule has 0 amide bonds. The molecule has 1 aromatic heterocycles. The van der Waals surface area contributed by atoms with Gasteiger partial charge >= 0.3 is 5.97 Å². The third-order valence-corrected chi connectivity index (χ3v) is 5.68. The summed E-state index contributed by atoms with van der Waals surface area (Å²) >= 11 is 7.80. The number of halogens is 2. The lowest BCUT2D eigenvalue weighted by molar-refractivity contribution is -0.139. The van der Waals surface area contributed by atoms with Crippen LogP contribution in [0.1, 0.15) is 36.4 Å². The van der Waals surface area contributed by atoms with Gasteiger partial charge in [0.05, 0.1) is 12.2 Å². The van der Waals surface area contributed by atoms with Crippen LogP contribution in [-0.2, 0) is 9.53 Å². The molecule has 1 atom stereocenters. The van der Waals surface area contributed by atoms with Crippen LogP contribution in [0.15, 0.2) is 46.0 Å². The lowest BCUT2D eigenvalue weighted by Crippen LogP contribution is -2.35. The number of aromatic nitrogens is 1. The second-order valence-corrected chi connectivity index (χ2v) is 7.50. The number of carbonyl (C=O) groups is 1. The minimum Gasteiger partial charge on any atom is -0.463 e. The Labute approximate surface area is 165 Å². The van der Waals surface area contributed by atoms with Crippen LogP contribution in [0.5, 0.6) is 0 Å². The van der Waals surface area contributed by atoms with E-state index in [2.05, 4.69) is 4.98 Å². The maximum absolute atomic E-state index is 13.6. The molecule has 0 bridgehead atoms. The molecule has 5 nitrogen and oxygen atoms in total. The SMILES string of the molecule is CCOC(=O)C1=C2CCCN2C(c2nccs2)=N[C@H]1c1ccc(F)cc1Cl. The standard InChI is InChI=1S/C19H17ClFN3O2S/c1-2-26-19(25)15-14-4-3-8-24(14)17(18-22-7-9-27-18)23-16(15)12-6-5-11(21)10-13(12)20/h5-7,9-10,16H,2-4,8H2,1H3/t16-/m0/s1. The molecule has 2 aromatic rings. The van der Waals surface area contributed by atoms with E-state index in [1.165, 1.54) is 23.5 Å². The second-order valence-electron chi connectivity index (χ2n) is 6.19. The van der Waals surface area contributed by atoms with Gasteiger partial charge in [-0.25, -0.2) is 14.2 Å². The van der Waals surface area contributed by atoms with E-state index in [0.717, 1.165) is 35.9 Å². The maximum atomic E-state index is 13.6. The van der Waals surface area contributed by atoms with Gasteiger partial charge in [-0.05, 0) is 31.9 Å². The maximum Gasteiger partial charge on any atom is 0.338 e. The summed E-state index contributed by atoms with van der Waals surface area (Å²) in [4.78, 5) is 24.1. The highest BCUT2D eigenvalue weighted by molar-refractivity contribution is 7.11. The highest BCUT2D eigenvalue weighted by Crippen LogP contribution is 2.42. The summed E-state index contributed by atoms with van der Waals surface area (Å²) in [7, 11) is 0. The van der Waals surface area contributed by atoms with Crippen molar-refractivity contribution in [2.45, 2.75) is 25.8 Å². The third kappa shape index (κ3) is 3.26. The molecule has 2 aliphatic rings. The number of nitrogens with zero attached hydrogens (tertiary/aromatic N) is 3. The zero-order valence-electron chi connectivity index (χ0n) is 14.6. The van der Waals surface area contributed by atoms with E-state index in [1.807, 2.05) is 10.3 Å².